The predicted octanol–water partition coefficient (Wildman–Crippen LogP) is 5.70. The fraction of sp³-hybridized carbons (Fsp3) is 0.333. The molecule has 0 saturated heterocycles. The van der Waals surface area contributed by atoms with Gasteiger partial charge in [0.15, 0.2) is 0 Å². The van der Waals surface area contributed by atoms with Crippen LogP contribution in [0.5, 0.6) is 0 Å². The van der Waals surface area contributed by atoms with Crippen LogP contribution in [-0.4, -0.2) is 22.7 Å². The Morgan fingerprint density at radius 2 is 1.74 bits per heavy atom. The average molecular weight is 401 g/mol. The van der Waals surface area contributed by atoms with E-state index in [1.807, 2.05) is 30.3 Å². The first-order valence-corrected chi connectivity index (χ1v) is 9.01. The first-order chi connectivity index (χ1) is 12.7. The van der Waals surface area contributed by atoms with Crippen molar-refractivity contribution in [2.45, 2.75) is 31.9 Å². The van der Waals surface area contributed by atoms with Crippen molar-refractivity contribution in [3.63, 3.8) is 0 Å². The van der Waals surface area contributed by atoms with Gasteiger partial charge in [0.25, 0.3) is 0 Å². The Kier molecular flexibility index (Phi) is 5.32. The van der Waals surface area contributed by atoms with E-state index in [9.17, 15) is 22.0 Å². The maximum atomic E-state index is 13.7. The monoisotopic (exact) mass is 401 g/mol. The molecular formula is C18H16F5N3S. The minimum absolute atomic E-state index is 0.00339. The number of thiophene rings is 1. The second-order valence-corrected chi connectivity index (χ2v) is 7.29. The Morgan fingerprint density at radius 3 is 2.41 bits per heavy atom. The zero-order chi connectivity index (χ0) is 19.7. The van der Waals surface area contributed by atoms with Crippen molar-refractivity contribution in [1.82, 2.24) is 9.97 Å². The Balaban J connectivity index is 1.83. The van der Waals surface area contributed by atoms with Gasteiger partial charge < -0.3 is 5.32 Å². The molecule has 1 aromatic carbocycles. The number of hydrogen-bond donors (Lipinski definition) is 1. The van der Waals surface area contributed by atoms with Crippen LogP contribution < -0.4 is 5.32 Å². The summed E-state index contributed by atoms with van der Waals surface area (Å²) in [6.45, 7) is 2.11. The van der Waals surface area contributed by atoms with Crippen molar-refractivity contribution in [3.05, 3.63) is 52.7 Å². The molecule has 27 heavy (non-hydrogen) atoms. The van der Waals surface area contributed by atoms with Crippen LogP contribution in [0.3, 0.4) is 0 Å². The number of nitrogens with one attached hydrogen (secondary N) is 1. The van der Waals surface area contributed by atoms with Crippen LogP contribution in [-0.2, 0) is 12.3 Å². The molecule has 0 spiro atoms. The van der Waals surface area contributed by atoms with E-state index in [1.165, 1.54) is 0 Å². The van der Waals surface area contributed by atoms with Gasteiger partial charge in [-0.1, -0.05) is 30.3 Å². The minimum atomic E-state index is -5.75. The van der Waals surface area contributed by atoms with Gasteiger partial charge in [-0.3, -0.25) is 0 Å². The molecule has 144 valence electrons. The van der Waals surface area contributed by atoms with Crippen LogP contribution in [0.25, 0.3) is 10.2 Å². The largest absolute Gasteiger partial charge is 0.461 e. The molecule has 3 rings (SSSR count). The summed E-state index contributed by atoms with van der Waals surface area (Å²) in [4.78, 5) is 7.83. The first kappa shape index (κ1) is 19.5. The number of hydrogen-bond acceptors (Lipinski definition) is 4. The second kappa shape index (κ2) is 7.38. The molecule has 3 aromatic rings. The van der Waals surface area contributed by atoms with E-state index in [0.717, 1.165) is 28.2 Å². The van der Waals surface area contributed by atoms with Crippen molar-refractivity contribution in [2.75, 3.05) is 11.9 Å². The van der Waals surface area contributed by atoms with E-state index < -0.39 is 17.9 Å². The maximum Gasteiger partial charge on any atom is 0.461 e. The molecule has 0 saturated carbocycles. The molecule has 3 nitrogen and oxygen atoms in total. The number of benzene rings is 1. The Morgan fingerprint density at radius 1 is 1.04 bits per heavy atom. The van der Waals surface area contributed by atoms with E-state index >= 15 is 0 Å². The fourth-order valence-electron chi connectivity index (χ4n) is 2.59. The molecule has 0 amide bonds. The first-order valence-electron chi connectivity index (χ1n) is 8.19. The third-order valence-corrected chi connectivity index (χ3v) is 4.87. The zero-order valence-corrected chi connectivity index (χ0v) is 15.1. The summed E-state index contributed by atoms with van der Waals surface area (Å²) in [6.07, 6.45) is -4.34. The predicted molar refractivity (Wildman–Crippen MR) is 95.4 cm³/mol. The summed E-state index contributed by atoms with van der Waals surface area (Å²) in [5.74, 6) is -6.65. The highest BCUT2D eigenvalue weighted by Crippen LogP contribution is 2.43. The van der Waals surface area contributed by atoms with Gasteiger partial charge in [-0.25, -0.2) is 9.97 Å². The van der Waals surface area contributed by atoms with Crippen LogP contribution >= 0.6 is 11.3 Å². The molecule has 2 aromatic heterocycles. The lowest BCUT2D eigenvalue weighted by Crippen LogP contribution is -2.35. The number of anilines is 1. The third kappa shape index (κ3) is 4.18. The lowest BCUT2D eigenvalue weighted by molar-refractivity contribution is -0.292. The van der Waals surface area contributed by atoms with Crippen LogP contribution in [0, 0.1) is 6.92 Å². The van der Waals surface area contributed by atoms with E-state index in [-0.39, 0.29) is 10.6 Å². The van der Waals surface area contributed by atoms with Crippen molar-refractivity contribution in [2.24, 2.45) is 0 Å². The van der Waals surface area contributed by atoms with Crippen molar-refractivity contribution in [3.8, 4) is 0 Å². The van der Waals surface area contributed by atoms with E-state index in [0.29, 0.717) is 18.4 Å². The summed E-state index contributed by atoms with van der Waals surface area (Å²) in [6, 6.07) is 11.3. The van der Waals surface area contributed by atoms with Gasteiger partial charge in [0.05, 0.1) is 5.39 Å². The number of rotatable bonds is 6. The number of alkyl halides is 5. The molecule has 1 N–H and O–H groups in total. The number of aryl methyl sites for hydroxylation is 2. The highest BCUT2D eigenvalue weighted by Gasteiger charge is 2.61. The minimum Gasteiger partial charge on any atom is -0.369 e. The SMILES string of the molecule is Cc1cc2c(NCCCc3ccccc3)nc(C(F)(F)C(F)(F)F)nc2s1. The summed E-state index contributed by atoms with van der Waals surface area (Å²) in [7, 11) is 0. The molecule has 0 aliphatic rings. The third-order valence-electron chi connectivity index (χ3n) is 3.93. The standard InChI is InChI=1S/C18H16F5N3S/c1-11-10-13-14(24-9-5-8-12-6-3-2-4-7-12)25-16(26-15(13)27-11)17(19,20)18(21,22)23/h2-4,6-7,10H,5,8-9H2,1H3,(H,24,25,26). The molecule has 0 atom stereocenters. The smallest absolute Gasteiger partial charge is 0.369 e. The lowest BCUT2D eigenvalue weighted by Gasteiger charge is -2.19. The lowest BCUT2D eigenvalue weighted by atomic mass is 10.1. The van der Waals surface area contributed by atoms with E-state index in [4.69, 9.17) is 0 Å². The van der Waals surface area contributed by atoms with Gasteiger partial charge in [-0.05, 0) is 31.4 Å². The summed E-state index contributed by atoms with van der Waals surface area (Å²) in [5, 5.41) is 3.33. The van der Waals surface area contributed by atoms with Crippen LogP contribution in [0.2, 0.25) is 0 Å². The summed E-state index contributed by atoms with van der Waals surface area (Å²) >= 11 is 1.05. The maximum absolute atomic E-state index is 13.7. The normalized spacial score (nSPS) is 12.5. The summed E-state index contributed by atoms with van der Waals surface area (Å²) in [5.41, 5.74) is 1.11. The molecule has 9 heteroatoms. The van der Waals surface area contributed by atoms with Gasteiger partial charge >= 0.3 is 12.1 Å². The Labute approximate surface area is 156 Å². The van der Waals surface area contributed by atoms with Gasteiger partial charge in [-0.2, -0.15) is 22.0 Å². The molecule has 0 unspecified atom stereocenters. The quantitative estimate of drug-likeness (QED) is 0.425. The Bertz CT molecular complexity index is 922. The fourth-order valence-corrected chi connectivity index (χ4v) is 3.47. The molecule has 0 aliphatic carbocycles. The van der Waals surface area contributed by atoms with E-state index in [1.54, 1.807) is 13.0 Å². The van der Waals surface area contributed by atoms with Crippen LogP contribution in [0.4, 0.5) is 27.8 Å². The number of halogens is 5. The number of fused-ring (bicyclic) bond motifs is 1. The molecule has 0 aliphatic heterocycles. The zero-order valence-electron chi connectivity index (χ0n) is 14.3. The molecule has 0 radical (unpaired) electrons. The van der Waals surface area contributed by atoms with Crippen molar-refractivity contribution >= 4 is 27.4 Å². The van der Waals surface area contributed by atoms with Crippen LogP contribution in [0.15, 0.2) is 36.4 Å². The second-order valence-electron chi connectivity index (χ2n) is 6.06. The van der Waals surface area contributed by atoms with Crippen molar-refractivity contribution in [1.29, 1.82) is 0 Å². The molecular weight excluding hydrogens is 385 g/mol. The number of nitrogens with zero attached hydrogens (tertiary/aromatic N) is 2. The highest BCUT2D eigenvalue weighted by molar-refractivity contribution is 7.18. The van der Waals surface area contributed by atoms with Gasteiger partial charge in [-0.15, -0.1) is 11.3 Å². The van der Waals surface area contributed by atoms with Crippen LogP contribution in [0.1, 0.15) is 22.7 Å². The molecule has 2 heterocycles. The molecule has 0 bridgehead atoms. The molecule has 0 fully saturated rings. The van der Waals surface area contributed by atoms with Crippen molar-refractivity contribution < 1.29 is 22.0 Å². The van der Waals surface area contributed by atoms with Gasteiger partial charge in [0.1, 0.15) is 10.6 Å². The Hall–Kier alpha value is -2.29. The average Bonchev–Trinajstić information content (AvgIpc) is 2.98. The van der Waals surface area contributed by atoms with Gasteiger partial charge in [0, 0.05) is 11.4 Å². The summed E-state index contributed by atoms with van der Waals surface area (Å²) < 4.78 is 65.5. The van der Waals surface area contributed by atoms with Gasteiger partial charge in [0.2, 0.25) is 5.82 Å². The topological polar surface area (TPSA) is 37.8 Å². The number of aromatic nitrogens is 2. The van der Waals surface area contributed by atoms with E-state index in [2.05, 4.69) is 15.3 Å². The highest BCUT2D eigenvalue weighted by atomic mass is 32.1.